The minimum atomic E-state index is -4.42. The van der Waals surface area contributed by atoms with E-state index < -0.39 is 18.8 Å². The van der Waals surface area contributed by atoms with Crippen LogP contribution in [-0.4, -0.2) is 49.3 Å². The lowest BCUT2D eigenvalue weighted by molar-refractivity contribution is -0.149. The van der Waals surface area contributed by atoms with Crippen LogP contribution in [0.15, 0.2) is 0 Å². The first-order chi connectivity index (χ1) is 8.83. The normalized spacial score (nSPS) is 17.2. The molecule has 1 aliphatic heterocycles. The van der Waals surface area contributed by atoms with E-state index in [9.17, 15) is 22.8 Å². The van der Waals surface area contributed by atoms with Crippen molar-refractivity contribution in [1.82, 2.24) is 10.2 Å². The molecule has 110 valence electrons. The largest absolute Gasteiger partial charge is 0.466 e. The molecule has 0 aromatic carbocycles. The predicted molar refractivity (Wildman–Crippen MR) is 60.4 cm³/mol. The molecule has 0 radical (unpaired) electrons. The molecule has 1 saturated heterocycles. The second-order valence-corrected chi connectivity index (χ2v) is 4.29. The summed E-state index contributed by atoms with van der Waals surface area (Å²) in [6.07, 6.45) is -3.59. The molecule has 0 atom stereocenters. The average Bonchev–Trinajstić information content (AvgIpc) is 2.35. The zero-order chi connectivity index (χ0) is 14.5. The van der Waals surface area contributed by atoms with Gasteiger partial charge in [-0.05, 0) is 19.8 Å². The number of carbonyl (C=O) groups is 2. The number of nitrogens with zero attached hydrogens (tertiary/aromatic N) is 1. The molecule has 1 N–H and O–H groups in total. The minimum absolute atomic E-state index is 0.257. The smallest absolute Gasteiger partial charge is 0.405 e. The van der Waals surface area contributed by atoms with Gasteiger partial charge in [-0.1, -0.05) is 0 Å². The van der Waals surface area contributed by atoms with Crippen molar-refractivity contribution >= 4 is 12.0 Å². The van der Waals surface area contributed by atoms with Crippen molar-refractivity contribution in [3.8, 4) is 0 Å². The van der Waals surface area contributed by atoms with Crippen LogP contribution in [0, 0.1) is 5.92 Å². The van der Waals surface area contributed by atoms with E-state index in [1.807, 2.05) is 5.32 Å². The summed E-state index contributed by atoms with van der Waals surface area (Å²) in [7, 11) is 0. The standard InChI is InChI=1S/C11H17F3N2O3/c1-2-19-9(17)8-3-5-16(6-4-8)10(18)15-7-11(12,13)14/h8H,2-7H2,1H3,(H,15,18). The SMILES string of the molecule is CCOC(=O)C1CCN(C(=O)NCC(F)(F)F)CC1. The zero-order valence-electron chi connectivity index (χ0n) is 10.6. The quantitative estimate of drug-likeness (QED) is 0.799. The van der Waals surface area contributed by atoms with Crippen molar-refractivity contribution in [3.05, 3.63) is 0 Å². The Labute approximate surface area is 109 Å². The van der Waals surface area contributed by atoms with Gasteiger partial charge in [-0.2, -0.15) is 13.2 Å². The molecule has 0 saturated carbocycles. The van der Waals surface area contributed by atoms with Crippen molar-refractivity contribution in [2.75, 3.05) is 26.2 Å². The molecule has 0 bridgehead atoms. The number of halogens is 3. The molecule has 1 aliphatic rings. The van der Waals surface area contributed by atoms with Crippen LogP contribution in [0.3, 0.4) is 0 Å². The van der Waals surface area contributed by atoms with Crippen molar-refractivity contribution in [1.29, 1.82) is 0 Å². The summed E-state index contributed by atoms with van der Waals surface area (Å²) in [6, 6.07) is -0.750. The number of esters is 1. The number of hydrogen-bond acceptors (Lipinski definition) is 3. The molecule has 1 heterocycles. The summed E-state index contributed by atoms with van der Waals surface area (Å²) in [5.41, 5.74) is 0. The second-order valence-electron chi connectivity index (χ2n) is 4.29. The molecule has 1 fully saturated rings. The van der Waals surface area contributed by atoms with Gasteiger partial charge < -0.3 is 15.0 Å². The third-order valence-electron chi connectivity index (χ3n) is 2.84. The van der Waals surface area contributed by atoms with E-state index in [1.165, 1.54) is 4.90 Å². The van der Waals surface area contributed by atoms with Crippen LogP contribution in [-0.2, 0) is 9.53 Å². The van der Waals surface area contributed by atoms with Crippen LogP contribution in [0.5, 0.6) is 0 Å². The topological polar surface area (TPSA) is 58.6 Å². The fraction of sp³-hybridized carbons (Fsp3) is 0.818. The van der Waals surface area contributed by atoms with E-state index in [0.29, 0.717) is 19.4 Å². The average molecular weight is 282 g/mol. The molecule has 0 unspecified atom stereocenters. The van der Waals surface area contributed by atoms with Crippen LogP contribution in [0.4, 0.5) is 18.0 Å². The Hall–Kier alpha value is -1.47. The number of likely N-dealkylation sites (tertiary alicyclic amines) is 1. The first kappa shape index (κ1) is 15.6. The van der Waals surface area contributed by atoms with Gasteiger partial charge in [-0.25, -0.2) is 4.79 Å². The summed E-state index contributed by atoms with van der Waals surface area (Å²) in [5.74, 6) is -0.579. The molecule has 1 rings (SSSR count). The number of amides is 2. The molecule has 0 spiro atoms. The van der Waals surface area contributed by atoms with E-state index >= 15 is 0 Å². The van der Waals surface area contributed by atoms with Crippen LogP contribution >= 0.6 is 0 Å². The maximum atomic E-state index is 11.9. The van der Waals surface area contributed by atoms with Crippen LogP contribution in [0.25, 0.3) is 0 Å². The van der Waals surface area contributed by atoms with Gasteiger partial charge in [0.25, 0.3) is 0 Å². The van der Waals surface area contributed by atoms with Gasteiger partial charge in [0.1, 0.15) is 6.54 Å². The fourth-order valence-corrected chi connectivity index (χ4v) is 1.87. The second kappa shape index (κ2) is 6.63. The predicted octanol–water partition coefficient (Wildman–Crippen LogP) is 1.53. The summed E-state index contributed by atoms with van der Waals surface area (Å²) in [4.78, 5) is 24.2. The molecule has 0 aromatic rings. The molecule has 5 nitrogen and oxygen atoms in total. The Kier molecular flexibility index (Phi) is 5.44. The highest BCUT2D eigenvalue weighted by Gasteiger charge is 2.31. The molecule has 19 heavy (non-hydrogen) atoms. The van der Waals surface area contributed by atoms with Crippen LogP contribution < -0.4 is 5.32 Å². The maximum absolute atomic E-state index is 11.9. The molecule has 8 heteroatoms. The van der Waals surface area contributed by atoms with Gasteiger partial charge in [0, 0.05) is 13.1 Å². The fourth-order valence-electron chi connectivity index (χ4n) is 1.87. The van der Waals surface area contributed by atoms with Crippen molar-refractivity contribution in [3.63, 3.8) is 0 Å². The summed E-state index contributed by atoms with van der Waals surface area (Å²) >= 11 is 0. The van der Waals surface area contributed by atoms with E-state index in [1.54, 1.807) is 6.92 Å². The number of ether oxygens (including phenoxy) is 1. The van der Waals surface area contributed by atoms with Gasteiger partial charge in [0.2, 0.25) is 0 Å². The van der Waals surface area contributed by atoms with Crippen molar-refractivity contribution in [2.24, 2.45) is 5.92 Å². The van der Waals surface area contributed by atoms with Gasteiger partial charge in [-0.3, -0.25) is 4.79 Å². The number of urea groups is 1. The third kappa shape index (κ3) is 5.35. The van der Waals surface area contributed by atoms with E-state index in [-0.39, 0.29) is 25.0 Å². The zero-order valence-corrected chi connectivity index (χ0v) is 10.6. The van der Waals surface area contributed by atoms with E-state index in [0.717, 1.165) is 0 Å². The highest BCUT2D eigenvalue weighted by molar-refractivity contribution is 5.76. The highest BCUT2D eigenvalue weighted by atomic mass is 19.4. The Morgan fingerprint density at radius 3 is 2.37 bits per heavy atom. The summed E-state index contributed by atoms with van der Waals surface area (Å²) in [6.45, 7) is 1.17. The summed E-state index contributed by atoms with van der Waals surface area (Å²) in [5, 5.41) is 1.81. The number of alkyl halides is 3. The third-order valence-corrected chi connectivity index (χ3v) is 2.84. The lowest BCUT2D eigenvalue weighted by Crippen LogP contribution is -2.47. The van der Waals surface area contributed by atoms with E-state index in [2.05, 4.69) is 0 Å². The number of hydrogen-bond donors (Lipinski definition) is 1. The summed E-state index contributed by atoms with van der Waals surface area (Å²) < 4.78 is 40.7. The lowest BCUT2D eigenvalue weighted by Gasteiger charge is -2.31. The van der Waals surface area contributed by atoms with Gasteiger partial charge in [0.05, 0.1) is 12.5 Å². The number of nitrogens with one attached hydrogen (secondary N) is 1. The number of carbonyl (C=O) groups excluding carboxylic acids is 2. The van der Waals surface area contributed by atoms with E-state index in [4.69, 9.17) is 4.74 Å². The molecule has 0 aromatic heterocycles. The lowest BCUT2D eigenvalue weighted by atomic mass is 9.97. The van der Waals surface area contributed by atoms with Crippen molar-refractivity contribution < 1.29 is 27.5 Å². The number of piperidine rings is 1. The van der Waals surface area contributed by atoms with Gasteiger partial charge in [-0.15, -0.1) is 0 Å². The Morgan fingerprint density at radius 2 is 1.89 bits per heavy atom. The van der Waals surface area contributed by atoms with Gasteiger partial charge >= 0.3 is 18.2 Å². The molecular formula is C11H17F3N2O3. The first-order valence-corrected chi connectivity index (χ1v) is 6.09. The van der Waals surface area contributed by atoms with Crippen molar-refractivity contribution in [2.45, 2.75) is 25.9 Å². The first-order valence-electron chi connectivity index (χ1n) is 6.09. The monoisotopic (exact) mass is 282 g/mol. The minimum Gasteiger partial charge on any atom is -0.466 e. The Balaban J connectivity index is 2.33. The number of rotatable bonds is 3. The Bertz CT molecular complexity index is 326. The van der Waals surface area contributed by atoms with Crippen LogP contribution in [0.1, 0.15) is 19.8 Å². The van der Waals surface area contributed by atoms with Crippen LogP contribution in [0.2, 0.25) is 0 Å². The Morgan fingerprint density at radius 1 is 1.32 bits per heavy atom. The molecule has 2 amide bonds. The molecule has 0 aliphatic carbocycles. The highest BCUT2D eigenvalue weighted by Crippen LogP contribution is 2.19. The molecular weight excluding hydrogens is 265 g/mol. The van der Waals surface area contributed by atoms with Gasteiger partial charge in [0.15, 0.2) is 0 Å². The maximum Gasteiger partial charge on any atom is 0.405 e.